The number of phenolic OH excluding ortho intramolecular Hbond substituents is 1. The molecule has 0 spiro atoms. The number of nitrogens with one attached hydrogen (secondary N) is 2. The number of rotatable bonds is 7. The first-order valence-corrected chi connectivity index (χ1v) is 9.54. The Bertz CT molecular complexity index is 875. The maximum Gasteiger partial charge on any atom is 0.269 e. The molecule has 0 unspecified atom stereocenters. The van der Waals surface area contributed by atoms with Gasteiger partial charge in [-0.25, -0.2) is 0 Å². The van der Waals surface area contributed by atoms with Crippen molar-refractivity contribution in [1.82, 2.24) is 15.5 Å². The quantitative estimate of drug-likeness (QED) is 0.556. The van der Waals surface area contributed by atoms with Crippen molar-refractivity contribution in [2.75, 3.05) is 12.3 Å². The van der Waals surface area contributed by atoms with E-state index in [2.05, 4.69) is 40.6 Å². The molecule has 5 nitrogen and oxygen atoms in total. The summed E-state index contributed by atoms with van der Waals surface area (Å²) in [7, 11) is 0. The van der Waals surface area contributed by atoms with Crippen molar-refractivity contribution in [3.05, 3.63) is 71.4 Å². The van der Waals surface area contributed by atoms with Crippen molar-refractivity contribution >= 4 is 17.7 Å². The van der Waals surface area contributed by atoms with Crippen LogP contribution in [-0.4, -0.2) is 33.5 Å². The Morgan fingerprint density at radius 3 is 2.73 bits per heavy atom. The van der Waals surface area contributed by atoms with Crippen LogP contribution in [0.2, 0.25) is 0 Å². The number of nitrogens with zero attached hydrogens (tertiary/aromatic N) is 1. The Morgan fingerprint density at radius 2 is 1.96 bits per heavy atom. The lowest BCUT2D eigenvalue weighted by molar-refractivity contribution is 0.0951. The lowest BCUT2D eigenvalue weighted by atomic mass is 10.1. The number of phenols is 1. The van der Waals surface area contributed by atoms with Gasteiger partial charge in [-0.05, 0) is 48.4 Å². The van der Waals surface area contributed by atoms with Gasteiger partial charge < -0.3 is 10.4 Å². The van der Waals surface area contributed by atoms with Gasteiger partial charge in [-0.1, -0.05) is 24.3 Å². The molecular formula is C20H21N3O2S. The van der Waals surface area contributed by atoms with Crippen LogP contribution in [0.25, 0.3) is 11.3 Å². The Balaban J connectivity index is 1.45. The second kappa shape index (κ2) is 8.58. The van der Waals surface area contributed by atoms with Gasteiger partial charge in [-0.3, -0.25) is 9.89 Å². The number of thioether (sulfide) groups is 1. The number of carbonyl (C=O) groups is 1. The summed E-state index contributed by atoms with van der Waals surface area (Å²) in [6.45, 7) is 2.71. The van der Waals surface area contributed by atoms with E-state index in [1.807, 2.05) is 6.07 Å². The summed E-state index contributed by atoms with van der Waals surface area (Å²) < 4.78 is 0. The predicted octanol–water partition coefficient (Wildman–Crippen LogP) is 3.75. The fourth-order valence-electron chi connectivity index (χ4n) is 2.50. The van der Waals surface area contributed by atoms with Crippen molar-refractivity contribution < 1.29 is 9.90 Å². The van der Waals surface area contributed by atoms with E-state index in [4.69, 9.17) is 0 Å². The highest BCUT2D eigenvalue weighted by molar-refractivity contribution is 7.98. The van der Waals surface area contributed by atoms with E-state index >= 15 is 0 Å². The van der Waals surface area contributed by atoms with Gasteiger partial charge >= 0.3 is 0 Å². The van der Waals surface area contributed by atoms with Crippen molar-refractivity contribution in [2.45, 2.75) is 12.7 Å². The molecule has 0 aliphatic heterocycles. The predicted molar refractivity (Wildman–Crippen MR) is 105 cm³/mol. The van der Waals surface area contributed by atoms with E-state index in [0.717, 1.165) is 17.1 Å². The largest absolute Gasteiger partial charge is 0.508 e. The number of hydrogen-bond acceptors (Lipinski definition) is 4. The molecule has 26 heavy (non-hydrogen) atoms. The molecule has 0 atom stereocenters. The molecule has 0 fully saturated rings. The van der Waals surface area contributed by atoms with Crippen LogP contribution in [0.5, 0.6) is 5.75 Å². The van der Waals surface area contributed by atoms with Gasteiger partial charge in [0.15, 0.2) is 0 Å². The number of H-pyrrole nitrogens is 1. The summed E-state index contributed by atoms with van der Waals surface area (Å²) in [5.41, 5.74) is 4.56. The summed E-state index contributed by atoms with van der Waals surface area (Å²) in [5, 5.41) is 19.2. The summed E-state index contributed by atoms with van der Waals surface area (Å²) in [6, 6.07) is 16.8. The zero-order chi connectivity index (χ0) is 18.4. The molecule has 1 amide bonds. The van der Waals surface area contributed by atoms with E-state index in [1.165, 1.54) is 11.1 Å². The molecule has 0 saturated heterocycles. The Hall–Kier alpha value is -2.73. The van der Waals surface area contributed by atoms with E-state index in [9.17, 15) is 9.90 Å². The molecule has 0 saturated carbocycles. The molecule has 0 bridgehead atoms. The van der Waals surface area contributed by atoms with Gasteiger partial charge in [0.1, 0.15) is 11.4 Å². The number of carbonyl (C=O) groups excluding carboxylic acids is 1. The van der Waals surface area contributed by atoms with Crippen LogP contribution in [-0.2, 0) is 5.75 Å². The number of amides is 1. The molecule has 1 aromatic heterocycles. The first-order valence-electron chi connectivity index (χ1n) is 8.39. The van der Waals surface area contributed by atoms with Crippen LogP contribution in [0, 0.1) is 6.92 Å². The lowest BCUT2D eigenvalue weighted by Gasteiger charge is -2.06. The molecule has 3 rings (SSSR count). The van der Waals surface area contributed by atoms with Gasteiger partial charge in [0.05, 0.1) is 5.69 Å². The summed E-state index contributed by atoms with van der Waals surface area (Å²) >= 11 is 1.80. The molecule has 6 heteroatoms. The van der Waals surface area contributed by atoms with Gasteiger partial charge in [0.25, 0.3) is 5.91 Å². The molecule has 2 aromatic carbocycles. The Morgan fingerprint density at radius 1 is 1.19 bits per heavy atom. The lowest BCUT2D eigenvalue weighted by Crippen LogP contribution is -2.26. The van der Waals surface area contributed by atoms with Gasteiger partial charge in [0.2, 0.25) is 0 Å². The number of hydrogen-bond donors (Lipinski definition) is 3. The smallest absolute Gasteiger partial charge is 0.269 e. The molecule has 134 valence electrons. The highest BCUT2D eigenvalue weighted by atomic mass is 32.2. The van der Waals surface area contributed by atoms with Crippen LogP contribution in [0.15, 0.2) is 54.6 Å². The number of aromatic amines is 1. The Labute approximate surface area is 156 Å². The number of aryl methyl sites for hydroxylation is 1. The minimum Gasteiger partial charge on any atom is -0.508 e. The maximum absolute atomic E-state index is 12.2. The van der Waals surface area contributed by atoms with Crippen molar-refractivity contribution in [3.8, 4) is 17.0 Å². The first-order chi connectivity index (χ1) is 12.6. The second-order valence-corrected chi connectivity index (χ2v) is 7.05. The van der Waals surface area contributed by atoms with Crippen LogP contribution < -0.4 is 5.32 Å². The van der Waals surface area contributed by atoms with E-state index in [1.54, 1.807) is 42.1 Å². The maximum atomic E-state index is 12.2. The van der Waals surface area contributed by atoms with Gasteiger partial charge in [0, 0.05) is 23.6 Å². The molecule has 3 N–H and O–H groups in total. The zero-order valence-corrected chi connectivity index (χ0v) is 15.3. The van der Waals surface area contributed by atoms with Crippen LogP contribution in [0.3, 0.4) is 0 Å². The average molecular weight is 367 g/mol. The standard InChI is InChI=1S/C20H21N3O2S/c1-14-4-2-3-5-16(14)13-26-11-10-21-20(25)19-12-18(22-23-19)15-6-8-17(24)9-7-15/h2-9,12,24H,10-11,13H2,1H3,(H,21,25)(H,22,23). The molecule has 3 aromatic rings. The van der Waals surface area contributed by atoms with Crippen molar-refractivity contribution in [3.63, 3.8) is 0 Å². The van der Waals surface area contributed by atoms with Crippen LogP contribution in [0.4, 0.5) is 0 Å². The Kier molecular flexibility index (Phi) is 5.96. The second-order valence-electron chi connectivity index (χ2n) is 5.95. The highest BCUT2D eigenvalue weighted by Gasteiger charge is 2.10. The topological polar surface area (TPSA) is 78.0 Å². The number of benzene rings is 2. The summed E-state index contributed by atoms with van der Waals surface area (Å²) in [5.74, 6) is 1.82. The monoisotopic (exact) mass is 367 g/mol. The summed E-state index contributed by atoms with van der Waals surface area (Å²) in [4.78, 5) is 12.2. The third-order valence-corrected chi connectivity index (χ3v) is 5.04. The number of aromatic nitrogens is 2. The average Bonchev–Trinajstić information content (AvgIpc) is 3.13. The minimum absolute atomic E-state index is 0.168. The van der Waals surface area contributed by atoms with Crippen LogP contribution >= 0.6 is 11.8 Å². The normalized spacial score (nSPS) is 10.7. The zero-order valence-electron chi connectivity index (χ0n) is 14.5. The van der Waals surface area contributed by atoms with E-state index < -0.39 is 0 Å². The molecule has 0 radical (unpaired) electrons. The molecule has 0 aliphatic carbocycles. The van der Waals surface area contributed by atoms with Crippen molar-refractivity contribution in [1.29, 1.82) is 0 Å². The van der Waals surface area contributed by atoms with Gasteiger partial charge in [-0.2, -0.15) is 16.9 Å². The van der Waals surface area contributed by atoms with Crippen molar-refractivity contribution in [2.24, 2.45) is 0 Å². The first kappa shape index (κ1) is 18.1. The molecular weight excluding hydrogens is 346 g/mol. The van der Waals surface area contributed by atoms with E-state index in [-0.39, 0.29) is 11.7 Å². The third kappa shape index (κ3) is 4.67. The SMILES string of the molecule is Cc1ccccc1CSCCNC(=O)c1cc(-c2ccc(O)cc2)n[nH]1. The summed E-state index contributed by atoms with van der Waals surface area (Å²) in [6.07, 6.45) is 0. The third-order valence-electron chi connectivity index (χ3n) is 4.04. The fraction of sp³-hybridized carbons (Fsp3) is 0.200. The fourth-order valence-corrected chi connectivity index (χ4v) is 3.44. The van der Waals surface area contributed by atoms with E-state index in [0.29, 0.717) is 17.9 Å². The number of aromatic hydroxyl groups is 1. The highest BCUT2D eigenvalue weighted by Crippen LogP contribution is 2.20. The molecule has 1 heterocycles. The van der Waals surface area contributed by atoms with Gasteiger partial charge in [-0.15, -0.1) is 0 Å². The molecule has 0 aliphatic rings. The van der Waals surface area contributed by atoms with Crippen LogP contribution in [0.1, 0.15) is 21.6 Å². The minimum atomic E-state index is -0.168.